The molecule has 0 saturated carbocycles. The van der Waals surface area contributed by atoms with Gasteiger partial charge in [0.05, 0.1) is 17.9 Å². The van der Waals surface area contributed by atoms with Gasteiger partial charge in [0.2, 0.25) is 11.8 Å². The molecule has 7 nitrogen and oxygen atoms in total. The average Bonchev–Trinajstić information content (AvgIpc) is 3.36. The number of ether oxygens (including phenoxy) is 1. The smallest absolute Gasteiger partial charge is 0.341 e. The summed E-state index contributed by atoms with van der Waals surface area (Å²) in [5.41, 5.74) is 2.22. The minimum atomic E-state index is -0.384. The Bertz CT molecular complexity index is 1140. The van der Waals surface area contributed by atoms with Crippen LogP contribution in [0.3, 0.4) is 0 Å². The van der Waals surface area contributed by atoms with Crippen molar-refractivity contribution in [2.24, 2.45) is 5.92 Å². The Morgan fingerprint density at radius 1 is 1.38 bits per heavy atom. The van der Waals surface area contributed by atoms with E-state index in [4.69, 9.17) is 20.8 Å². The SMILES string of the molecule is CCOC(=O)c1c(NC(=O)CSc2nnc(-c3cccc(Cl)c3)o2)sc2c1CCC(C)C2. The molecule has 1 atom stereocenters. The third-order valence-electron chi connectivity index (χ3n) is 5.05. The number of nitrogens with one attached hydrogen (secondary N) is 1. The van der Waals surface area contributed by atoms with E-state index in [-0.39, 0.29) is 29.5 Å². The molecule has 1 unspecified atom stereocenters. The summed E-state index contributed by atoms with van der Waals surface area (Å²) in [6.07, 6.45) is 2.75. The second kappa shape index (κ2) is 10.1. The predicted molar refractivity (Wildman–Crippen MR) is 126 cm³/mol. The van der Waals surface area contributed by atoms with Crippen LogP contribution in [-0.2, 0) is 22.4 Å². The number of fused-ring (bicyclic) bond motifs is 1. The number of carbonyl (C=O) groups excluding carboxylic acids is 2. The van der Waals surface area contributed by atoms with Crippen molar-refractivity contribution in [3.05, 3.63) is 45.3 Å². The van der Waals surface area contributed by atoms with Crippen molar-refractivity contribution < 1.29 is 18.7 Å². The van der Waals surface area contributed by atoms with Gasteiger partial charge >= 0.3 is 5.97 Å². The van der Waals surface area contributed by atoms with Crippen molar-refractivity contribution in [2.45, 2.75) is 38.3 Å². The van der Waals surface area contributed by atoms with Crippen LogP contribution in [0.1, 0.15) is 41.1 Å². The lowest BCUT2D eigenvalue weighted by atomic mass is 9.88. The van der Waals surface area contributed by atoms with Gasteiger partial charge in [-0.1, -0.05) is 36.4 Å². The van der Waals surface area contributed by atoms with Gasteiger partial charge < -0.3 is 14.5 Å². The van der Waals surface area contributed by atoms with Crippen molar-refractivity contribution in [3.8, 4) is 11.5 Å². The minimum Gasteiger partial charge on any atom is -0.462 e. The summed E-state index contributed by atoms with van der Waals surface area (Å²) in [6.45, 7) is 4.26. The molecule has 1 aromatic carbocycles. The van der Waals surface area contributed by atoms with Crippen LogP contribution in [0.2, 0.25) is 5.02 Å². The Morgan fingerprint density at radius 2 is 2.22 bits per heavy atom. The average molecular weight is 492 g/mol. The number of amides is 1. The number of rotatable bonds is 7. The van der Waals surface area contributed by atoms with Crippen molar-refractivity contribution in [1.29, 1.82) is 0 Å². The molecule has 1 N–H and O–H groups in total. The first-order valence-electron chi connectivity index (χ1n) is 10.3. The first-order chi connectivity index (χ1) is 15.4. The largest absolute Gasteiger partial charge is 0.462 e. The third-order valence-corrected chi connectivity index (χ3v) is 7.27. The fourth-order valence-corrected chi connectivity index (χ4v) is 5.72. The highest BCUT2D eigenvalue weighted by Gasteiger charge is 2.29. The van der Waals surface area contributed by atoms with Gasteiger partial charge in [-0.05, 0) is 55.9 Å². The summed E-state index contributed by atoms with van der Waals surface area (Å²) in [7, 11) is 0. The molecule has 32 heavy (non-hydrogen) atoms. The zero-order chi connectivity index (χ0) is 22.7. The lowest BCUT2D eigenvalue weighted by molar-refractivity contribution is -0.113. The van der Waals surface area contributed by atoms with Gasteiger partial charge in [0.25, 0.3) is 5.22 Å². The fourth-order valence-electron chi connectivity index (χ4n) is 3.55. The molecule has 0 fully saturated rings. The van der Waals surface area contributed by atoms with E-state index in [0.717, 1.165) is 41.5 Å². The first kappa shape index (κ1) is 22.8. The predicted octanol–water partition coefficient (Wildman–Crippen LogP) is 5.48. The van der Waals surface area contributed by atoms with Crippen LogP contribution >= 0.6 is 34.7 Å². The first-order valence-corrected chi connectivity index (χ1v) is 12.5. The molecule has 0 spiro atoms. The second-order valence-corrected chi connectivity index (χ2v) is 9.96. The maximum absolute atomic E-state index is 12.6. The topological polar surface area (TPSA) is 94.3 Å². The number of hydrogen-bond donors (Lipinski definition) is 1. The Hall–Kier alpha value is -2.36. The number of esters is 1. The van der Waals surface area contributed by atoms with Crippen molar-refractivity contribution >= 4 is 51.6 Å². The van der Waals surface area contributed by atoms with E-state index >= 15 is 0 Å². The maximum Gasteiger partial charge on any atom is 0.341 e. The summed E-state index contributed by atoms with van der Waals surface area (Å²) in [5, 5.41) is 12.3. The highest BCUT2D eigenvalue weighted by Crippen LogP contribution is 2.40. The molecular weight excluding hydrogens is 470 g/mol. The van der Waals surface area contributed by atoms with E-state index in [1.807, 2.05) is 6.07 Å². The van der Waals surface area contributed by atoms with Crippen LogP contribution in [0.15, 0.2) is 33.9 Å². The van der Waals surface area contributed by atoms with Crippen LogP contribution in [0.4, 0.5) is 5.00 Å². The number of nitrogens with zero attached hydrogens (tertiary/aromatic N) is 2. The Labute approximate surface area is 198 Å². The third kappa shape index (κ3) is 5.16. The van der Waals surface area contributed by atoms with E-state index in [2.05, 4.69) is 22.4 Å². The number of halogens is 1. The van der Waals surface area contributed by atoms with Gasteiger partial charge in [-0.2, -0.15) is 0 Å². The van der Waals surface area contributed by atoms with E-state index in [1.165, 1.54) is 11.3 Å². The van der Waals surface area contributed by atoms with Crippen LogP contribution < -0.4 is 5.32 Å². The lowest BCUT2D eigenvalue weighted by Gasteiger charge is -2.18. The molecule has 1 amide bonds. The minimum absolute atomic E-state index is 0.0679. The monoisotopic (exact) mass is 491 g/mol. The molecule has 0 saturated heterocycles. The number of carbonyl (C=O) groups is 2. The van der Waals surface area contributed by atoms with E-state index < -0.39 is 0 Å². The molecular formula is C22H22ClN3O4S2. The number of aromatic nitrogens is 2. The van der Waals surface area contributed by atoms with Gasteiger partial charge in [-0.25, -0.2) is 4.79 Å². The Kier molecular flexibility index (Phi) is 7.17. The summed E-state index contributed by atoms with van der Waals surface area (Å²) in [4.78, 5) is 26.4. The number of thiophene rings is 1. The molecule has 1 aliphatic carbocycles. The highest BCUT2D eigenvalue weighted by atomic mass is 35.5. The molecule has 1 aliphatic rings. The Balaban J connectivity index is 1.44. The van der Waals surface area contributed by atoms with Crippen molar-refractivity contribution in [1.82, 2.24) is 10.2 Å². The summed E-state index contributed by atoms with van der Waals surface area (Å²) >= 11 is 8.60. The quantitative estimate of drug-likeness (QED) is 0.345. The summed E-state index contributed by atoms with van der Waals surface area (Å²) in [5.74, 6) is 0.320. The number of hydrogen-bond acceptors (Lipinski definition) is 8. The zero-order valence-electron chi connectivity index (χ0n) is 17.6. The summed E-state index contributed by atoms with van der Waals surface area (Å²) in [6, 6.07) is 7.10. The number of benzene rings is 1. The maximum atomic E-state index is 12.6. The molecule has 10 heteroatoms. The molecule has 0 bridgehead atoms. The normalized spacial score (nSPS) is 15.3. The van der Waals surface area contributed by atoms with Crippen LogP contribution in [0, 0.1) is 5.92 Å². The highest BCUT2D eigenvalue weighted by molar-refractivity contribution is 7.99. The molecule has 0 radical (unpaired) electrons. The number of anilines is 1. The van der Waals surface area contributed by atoms with Crippen LogP contribution in [-0.4, -0.2) is 34.4 Å². The van der Waals surface area contributed by atoms with E-state index in [1.54, 1.807) is 25.1 Å². The van der Waals surface area contributed by atoms with Gasteiger partial charge in [-0.15, -0.1) is 21.5 Å². The number of thioether (sulfide) groups is 1. The zero-order valence-corrected chi connectivity index (χ0v) is 20.0. The van der Waals surface area contributed by atoms with Gasteiger partial charge in [0.1, 0.15) is 5.00 Å². The van der Waals surface area contributed by atoms with E-state index in [9.17, 15) is 9.59 Å². The molecule has 3 aromatic rings. The second-order valence-electron chi connectivity index (χ2n) is 7.50. The van der Waals surface area contributed by atoms with Crippen LogP contribution in [0.25, 0.3) is 11.5 Å². The molecule has 168 valence electrons. The Morgan fingerprint density at radius 3 is 3.00 bits per heavy atom. The molecule has 2 heterocycles. The van der Waals surface area contributed by atoms with Gasteiger partial charge in [-0.3, -0.25) is 4.79 Å². The van der Waals surface area contributed by atoms with Gasteiger partial charge in [0.15, 0.2) is 0 Å². The van der Waals surface area contributed by atoms with E-state index in [0.29, 0.717) is 33.0 Å². The van der Waals surface area contributed by atoms with Crippen LogP contribution in [0.5, 0.6) is 0 Å². The molecule has 4 rings (SSSR count). The molecule has 2 aromatic heterocycles. The van der Waals surface area contributed by atoms with Gasteiger partial charge in [0, 0.05) is 15.5 Å². The molecule has 0 aliphatic heterocycles. The van der Waals surface area contributed by atoms with Crippen molar-refractivity contribution in [2.75, 3.05) is 17.7 Å². The summed E-state index contributed by atoms with van der Waals surface area (Å²) < 4.78 is 10.9. The van der Waals surface area contributed by atoms with Crippen molar-refractivity contribution in [3.63, 3.8) is 0 Å². The lowest BCUT2D eigenvalue weighted by Crippen LogP contribution is -2.17. The standard InChI is InChI=1S/C22H22ClN3O4S2/c1-3-29-21(28)18-15-8-7-12(2)9-16(15)32-20(18)24-17(27)11-31-22-26-25-19(30-22)13-5-4-6-14(23)10-13/h4-6,10,12H,3,7-9,11H2,1-2H3,(H,24,27). The fraction of sp³-hybridized carbons (Fsp3) is 0.364.